The molecule has 2 heterocycles. The number of aryl methyl sites for hydroxylation is 1. The van der Waals surface area contributed by atoms with Gasteiger partial charge in [0, 0.05) is 10.9 Å². The van der Waals surface area contributed by atoms with E-state index < -0.39 is 0 Å². The lowest BCUT2D eigenvalue weighted by atomic mass is 9.84. The highest BCUT2D eigenvalue weighted by Crippen LogP contribution is 2.29. The molecule has 1 aliphatic carbocycles. The molecule has 3 N–H and O–H groups in total. The summed E-state index contributed by atoms with van der Waals surface area (Å²) < 4.78 is 5.35. The van der Waals surface area contributed by atoms with Crippen LogP contribution in [0.1, 0.15) is 41.0 Å². The lowest BCUT2D eigenvalue weighted by Crippen LogP contribution is -2.44. The first-order valence-electron chi connectivity index (χ1n) is 7.71. The minimum absolute atomic E-state index is 0. The number of carbonyl (C=O) groups is 1. The highest BCUT2D eigenvalue weighted by Gasteiger charge is 2.27. The second-order valence-electron chi connectivity index (χ2n) is 5.76. The van der Waals surface area contributed by atoms with Gasteiger partial charge in [-0.1, -0.05) is 12.8 Å². The number of thiazole rings is 1. The molecule has 5 nitrogen and oxygen atoms in total. The van der Waals surface area contributed by atoms with Gasteiger partial charge in [-0.05, 0) is 44.4 Å². The number of hydrogen-bond donors (Lipinski definition) is 2. The number of aromatic nitrogens is 1. The lowest BCUT2D eigenvalue weighted by Gasteiger charge is -2.31. The van der Waals surface area contributed by atoms with Crippen molar-refractivity contribution >= 4 is 42.1 Å². The van der Waals surface area contributed by atoms with Crippen molar-refractivity contribution in [2.45, 2.75) is 38.6 Å². The van der Waals surface area contributed by atoms with Crippen molar-refractivity contribution in [3.63, 3.8) is 0 Å². The smallest absolute Gasteiger partial charge is 0.271 e. The molecule has 134 valence electrons. The van der Waals surface area contributed by atoms with Gasteiger partial charge < -0.3 is 15.5 Å². The maximum Gasteiger partial charge on any atom is 0.271 e. The van der Waals surface area contributed by atoms with Gasteiger partial charge in [-0.2, -0.15) is 0 Å². The zero-order valence-corrected chi connectivity index (χ0v) is 15.9. The van der Waals surface area contributed by atoms with E-state index in [9.17, 15) is 4.79 Å². The zero-order chi connectivity index (χ0) is 15.5. The van der Waals surface area contributed by atoms with Crippen molar-refractivity contribution in [2.75, 3.05) is 6.54 Å². The van der Waals surface area contributed by atoms with E-state index in [4.69, 9.17) is 10.2 Å². The highest BCUT2D eigenvalue weighted by molar-refractivity contribution is 7.15. The summed E-state index contributed by atoms with van der Waals surface area (Å²) in [6.45, 7) is 2.54. The molecule has 2 aromatic rings. The molecule has 0 radical (unpaired) electrons. The predicted octanol–water partition coefficient (Wildman–Crippen LogP) is 3.80. The molecular formula is C16H23Cl2N3O2S. The van der Waals surface area contributed by atoms with Gasteiger partial charge in [0.1, 0.15) is 5.69 Å². The third-order valence-electron chi connectivity index (χ3n) is 4.27. The number of nitrogens with zero attached hydrogens (tertiary/aromatic N) is 1. The van der Waals surface area contributed by atoms with Gasteiger partial charge in [-0.15, -0.1) is 36.2 Å². The van der Waals surface area contributed by atoms with Crippen LogP contribution in [0.4, 0.5) is 0 Å². The maximum atomic E-state index is 12.5. The fraction of sp³-hybridized carbons (Fsp3) is 0.500. The van der Waals surface area contributed by atoms with Crippen molar-refractivity contribution in [1.29, 1.82) is 0 Å². The number of amides is 1. The van der Waals surface area contributed by atoms with Gasteiger partial charge in [-0.25, -0.2) is 4.98 Å². The van der Waals surface area contributed by atoms with E-state index in [1.807, 2.05) is 19.1 Å². The van der Waals surface area contributed by atoms with E-state index >= 15 is 0 Å². The number of halogens is 2. The fourth-order valence-corrected chi connectivity index (χ4v) is 3.91. The van der Waals surface area contributed by atoms with Crippen LogP contribution >= 0.6 is 36.2 Å². The Morgan fingerprint density at radius 2 is 2.17 bits per heavy atom. The van der Waals surface area contributed by atoms with E-state index in [0.29, 0.717) is 23.9 Å². The Morgan fingerprint density at radius 1 is 1.42 bits per heavy atom. The molecule has 0 spiro atoms. The number of hydrogen-bond acceptors (Lipinski definition) is 5. The SMILES string of the molecule is Cc1sc(-c2ccco2)nc1C(=O)NC1CCCCC1CN.Cl.Cl. The van der Waals surface area contributed by atoms with E-state index in [1.165, 1.54) is 17.8 Å². The van der Waals surface area contributed by atoms with Crippen molar-refractivity contribution in [1.82, 2.24) is 10.3 Å². The van der Waals surface area contributed by atoms with Crippen LogP contribution in [0.5, 0.6) is 0 Å². The minimum Gasteiger partial charge on any atom is -0.462 e. The molecule has 1 aliphatic rings. The van der Waals surface area contributed by atoms with Crippen LogP contribution in [-0.2, 0) is 0 Å². The third kappa shape index (κ3) is 4.51. The normalized spacial score (nSPS) is 19.9. The van der Waals surface area contributed by atoms with E-state index in [0.717, 1.165) is 29.1 Å². The van der Waals surface area contributed by atoms with Gasteiger partial charge in [-0.3, -0.25) is 4.79 Å². The lowest BCUT2D eigenvalue weighted by molar-refractivity contribution is 0.0903. The summed E-state index contributed by atoms with van der Waals surface area (Å²) in [6.07, 6.45) is 6.05. The van der Waals surface area contributed by atoms with E-state index in [2.05, 4.69) is 10.3 Å². The van der Waals surface area contributed by atoms with Crippen molar-refractivity contribution in [3.8, 4) is 10.8 Å². The minimum atomic E-state index is -0.100. The van der Waals surface area contributed by atoms with Gasteiger partial charge in [0.05, 0.1) is 6.26 Å². The van der Waals surface area contributed by atoms with E-state index in [1.54, 1.807) is 6.26 Å². The summed E-state index contributed by atoms with van der Waals surface area (Å²) >= 11 is 1.48. The average molecular weight is 392 g/mol. The van der Waals surface area contributed by atoms with Crippen LogP contribution in [0.25, 0.3) is 10.8 Å². The number of nitrogens with two attached hydrogens (primary N) is 1. The topological polar surface area (TPSA) is 81.2 Å². The Kier molecular flexibility index (Phi) is 8.22. The van der Waals surface area contributed by atoms with Crippen LogP contribution in [0.3, 0.4) is 0 Å². The second-order valence-corrected chi connectivity index (χ2v) is 6.96. The molecule has 1 amide bonds. The molecule has 2 unspecified atom stereocenters. The largest absolute Gasteiger partial charge is 0.462 e. The Bertz CT molecular complexity index is 646. The molecule has 8 heteroatoms. The Morgan fingerprint density at radius 3 is 2.83 bits per heavy atom. The molecule has 1 fully saturated rings. The number of rotatable bonds is 4. The number of carbonyl (C=O) groups excluding carboxylic acids is 1. The number of nitrogens with one attached hydrogen (secondary N) is 1. The molecule has 0 saturated heterocycles. The summed E-state index contributed by atoms with van der Waals surface area (Å²) in [4.78, 5) is 17.9. The van der Waals surface area contributed by atoms with Gasteiger partial charge in [0.2, 0.25) is 0 Å². The van der Waals surface area contributed by atoms with Crippen molar-refractivity contribution in [2.24, 2.45) is 11.7 Å². The average Bonchev–Trinajstić information content (AvgIpc) is 3.17. The van der Waals surface area contributed by atoms with Crippen LogP contribution in [0, 0.1) is 12.8 Å². The molecule has 2 aromatic heterocycles. The Labute approximate surface area is 158 Å². The van der Waals surface area contributed by atoms with Crippen LogP contribution in [-0.4, -0.2) is 23.5 Å². The Hall–Kier alpha value is -1.08. The molecular weight excluding hydrogens is 369 g/mol. The summed E-state index contributed by atoms with van der Waals surface area (Å²) in [5.41, 5.74) is 6.33. The second kappa shape index (κ2) is 9.42. The highest BCUT2D eigenvalue weighted by atomic mass is 35.5. The molecule has 0 bridgehead atoms. The van der Waals surface area contributed by atoms with Gasteiger partial charge >= 0.3 is 0 Å². The molecule has 0 aromatic carbocycles. The molecule has 24 heavy (non-hydrogen) atoms. The molecule has 2 atom stereocenters. The van der Waals surface area contributed by atoms with Crippen LogP contribution in [0.15, 0.2) is 22.8 Å². The fourth-order valence-electron chi connectivity index (χ4n) is 3.03. The quantitative estimate of drug-likeness (QED) is 0.829. The number of furan rings is 1. The first kappa shape index (κ1) is 21.0. The Balaban J connectivity index is 0.00000144. The van der Waals surface area contributed by atoms with Gasteiger partial charge in [0.25, 0.3) is 5.91 Å². The summed E-state index contributed by atoms with van der Waals surface area (Å²) in [6, 6.07) is 3.84. The zero-order valence-electron chi connectivity index (χ0n) is 13.5. The van der Waals surface area contributed by atoms with Crippen LogP contribution < -0.4 is 11.1 Å². The molecule has 1 saturated carbocycles. The summed E-state index contributed by atoms with van der Waals surface area (Å²) in [7, 11) is 0. The van der Waals surface area contributed by atoms with Gasteiger partial charge in [0.15, 0.2) is 10.8 Å². The third-order valence-corrected chi connectivity index (χ3v) is 5.26. The van der Waals surface area contributed by atoms with Crippen molar-refractivity contribution < 1.29 is 9.21 Å². The van der Waals surface area contributed by atoms with E-state index in [-0.39, 0.29) is 36.8 Å². The maximum absolute atomic E-state index is 12.5. The monoisotopic (exact) mass is 391 g/mol. The summed E-state index contributed by atoms with van der Waals surface area (Å²) in [5.74, 6) is 0.975. The molecule has 3 rings (SSSR count). The van der Waals surface area contributed by atoms with Crippen molar-refractivity contribution in [3.05, 3.63) is 29.0 Å². The first-order valence-corrected chi connectivity index (χ1v) is 8.53. The van der Waals surface area contributed by atoms with Crippen LogP contribution in [0.2, 0.25) is 0 Å². The molecule has 0 aliphatic heterocycles. The first-order chi connectivity index (χ1) is 10.7. The standard InChI is InChI=1S/C16H21N3O2S.2ClH/c1-10-14(19-16(22-10)13-7-4-8-21-13)15(20)18-12-6-3-2-5-11(12)9-17;;/h4,7-8,11-12H,2-3,5-6,9,17H2,1H3,(H,18,20);2*1H. The predicted molar refractivity (Wildman–Crippen MR) is 101 cm³/mol. The summed E-state index contributed by atoms with van der Waals surface area (Å²) in [5, 5.41) is 3.87.